The van der Waals surface area contributed by atoms with E-state index in [0.717, 1.165) is 55.5 Å². The molecule has 0 bridgehead atoms. The predicted octanol–water partition coefficient (Wildman–Crippen LogP) is 15.6. The number of anilines is 3. The summed E-state index contributed by atoms with van der Waals surface area (Å²) in [5.41, 5.74) is 12.3. The minimum atomic E-state index is 0.896. The molecule has 2 nitrogen and oxygen atoms in total. The molecule has 11 aromatic rings. The summed E-state index contributed by atoms with van der Waals surface area (Å²) in [5.74, 6) is 0. The topological polar surface area (TPSA) is 16.4 Å². The quantitative estimate of drug-likeness (QED) is 0.170. The first-order valence-electron chi connectivity index (χ1n) is 18.7. The minimum Gasteiger partial charge on any atom is -0.455 e. The highest BCUT2D eigenvalue weighted by Crippen LogP contribution is 2.46. The highest BCUT2D eigenvalue weighted by Gasteiger charge is 2.20. The van der Waals surface area contributed by atoms with E-state index in [2.05, 4.69) is 205 Å². The van der Waals surface area contributed by atoms with Gasteiger partial charge in [0.15, 0.2) is 0 Å². The fourth-order valence-electron chi connectivity index (χ4n) is 8.27. The molecule has 0 saturated heterocycles. The number of rotatable bonds is 6. The van der Waals surface area contributed by atoms with Crippen molar-refractivity contribution >= 4 is 81.3 Å². The third-order valence-electron chi connectivity index (χ3n) is 10.9. The Morgan fingerprint density at radius 2 is 1.02 bits per heavy atom. The summed E-state index contributed by atoms with van der Waals surface area (Å²) >= 11 is 1.85. The van der Waals surface area contributed by atoms with Gasteiger partial charge in [0.25, 0.3) is 0 Å². The van der Waals surface area contributed by atoms with Gasteiger partial charge in [0, 0.05) is 47.7 Å². The van der Waals surface area contributed by atoms with Gasteiger partial charge in [-0.15, -0.1) is 11.3 Å². The van der Waals surface area contributed by atoms with E-state index < -0.39 is 0 Å². The van der Waals surface area contributed by atoms with Gasteiger partial charge in [-0.05, 0) is 93.4 Å². The van der Waals surface area contributed by atoms with Crippen LogP contribution < -0.4 is 4.90 Å². The minimum absolute atomic E-state index is 0.896. The third kappa shape index (κ3) is 5.32. The molecular formula is C52H33NOS. The lowest BCUT2D eigenvalue weighted by Crippen LogP contribution is -2.10. The molecule has 0 atom stereocenters. The van der Waals surface area contributed by atoms with Crippen LogP contribution >= 0.6 is 11.3 Å². The second-order valence-electron chi connectivity index (χ2n) is 14.1. The van der Waals surface area contributed by atoms with E-state index in [9.17, 15) is 0 Å². The molecule has 0 fully saturated rings. The van der Waals surface area contributed by atoms with E-state index in [0.29, 0.717) is 0 Å². The fourth-order valence-corrected chi connectivity index (χ4v) is 9.39. The van der Waals surface area contributed by atoms with E-state index in [1.165, 1.54) is 47.8 Å². The van der Waals surface area contributed by atoms with Crippen LogP contribution in [0.2, 0.25) is 0 Å². The Morgan fingerprint density at radius 1 is 0.382 bits per heavy atom. The molecule has 0 aliphatic rings. The largest absolute Gasteiger partial charge is 0.455 e. The van der Waals surface area contributed by atoms with Gasteiger partial charge in [-0.1, -0.05) is 146 Å². The highest BCUT2D eigenvalue weighted by atomic mass is 32.1. The Labute approximate surface area is 322 Å². The van der Waals surface area contributed by atoms with Gasteiger partial charge in [0.05, 0.1) is 5.69 Å². The zero-order chi connectivity index (χ0) is 36.3. The van der Waals surface area contributed by atoms with Crippen molar-refractivity contribution in [1.29, 1.82) is 0 Å². The van der Waals surface area contributed by atoms with Crippen LogP contribution in [-0.2, 0) is 0 Å². The van der Waals surface area contributed by atoms with Crippen LogP contribution in [0.3, 0.4) is 0 Å². The summed E-state index contributed by atoms with van der Waals surface area (Å²) in [6, 6.07) is 72.1. The molecule has 0 radical (unpaired) electrons. The lowest BCUT2D eigenvalue weighted by atomic mass is 9.97. The van der Waals surface area contributed by atoms with Crippen molar-refractivity contribution in [3.05, 3.63) is 200 Å². The van der Waals surface area contributed by atoms with Crippen LogP contribution in [0.15, 0.2) is 205 Å². The molecular weight excluding hydrogens is 687 g/mol. The molecule has 0 amide bonds. The number of furan rings is 1. The van der Waals surface area contributed by atoms with Gasteiger partial charge in [-0.25, -0.2) is 0 Å². The fraction of sp³-hybridized carbons (Fsp3) is 0. The molecule has 0 aliphatic carbocycles. The average molecular weight is 720 g/mol. The smallest absolute Gasteiger partial charge is 0.143 e. The van der Waals surface area contributed by atoms with E-state index in [1.807, 2.05) is 11.3 Å². The Balaban J connectivity index is 1.07. The molecule has 2 aromatic heterocycles. The van der Waals surface area contributed by atoms with Gasteiger partial charge in [-0.3, -0.25) is 0 Å². The molecule has 9 aromatic carbocycles. The summed E-state index contributed by atoms with van der Waals surface area (Å²) < 4.78 is 9.16. The third-order valence-corrected chi connectivity index (χ3v) is 12.0. The Bertz CT molecular complexity index is 3190. The summed E-state index contributed by atoms with van der Waals surface area (Å²) in [5, 5.41) is 7.13. The summed E-state index contributed by atoms with van der Waals surface area (Å²) in [6.07, 6.45) is 0. The highest BCUT2D eigenvalue weighted by molar-refractivity contribution is 7.26. The van der Waals surface area contributed by atoms with Gasteiger partial charge in [0.1, 0.15) is 11.2 Å². The molecule has 3 heteroatoms. The maximum atomic E-state index is 6.59. The zero-order valence-corrected chi connectivity index (χ0v) is 30.6. The van der Waals surface area contributed by atoms with Crippen LogP contribution in [-0.4, -0.2) is 0 Å². The van der Waals surface area contributed by atoms with Crippen molar-refractivity contribution in [2.45, 2.75) is 0 Å². The standard InChI is InChI=1S/C52H33NOS/c1-2-11-34(12-3-1)35-23-25-36(26-24-35)37-27-30-40(31-28-37)53(46-19-10-22-49-51(46)44-17-6-7-21-48(44)55-49)41-15-8-14-39(33-41)42-18-9-20-47-50(42)45-32-29-38-13-4-5-16-43(38)52(45)54-47/h1-33H. The number of hydrogen-bond acceptors (Lipinski definition) is 3. The molecule has 0 aliphatic heterocycles. The summed E-state index contributed by atoms with van der Waals surface area (Å²) in [4.78, 5) is 2.42. The first-order valence-corrected chi connectivity index (χ1v) is 19.5. The monoisotopic (exact) mass is 719 g/mol. The molecule has 0 spiro atoms. The number of hydrogen-bond donors (Lipinski definition) is 0. The van der Waals surface area contributed by atoms with Crippen LogP contribution in [0.25, 0.3) is 86.3 Å². The number of fused-ring (bicyclic) bond motifs is 8. The normalized spacial score (nSPS) is 11.6. The molecule has 55 heavy (non-hydrogen) atoms. The first-order chi connectivity index (χ1) is 27.3. The van der Waals surface area contributed by atoms with Crippen molar-refractivity contribution in [1.82, 2.24) is 0 Å². The van der Waals surface area contributed by atoms with Crippen LogP contribution in [0.5, 0.6) is 0 Å². The number of nitrogens with zero attached hydrogens (tertiary/aromatic N) is 1. The van der Waals surface area contributed by atoms with Crippen molar-refractivity contribution in [2.24, 2.45) is 0 Å². The van der Waals surface area contributed by atoms with Crippen molar-refractivity contribution in [3.63, 3.8) is 0 Å². The van der Waals surface area contributed by atoms with Gasteiger partial charge in [-0.2, -0.15) is 0 Å². The molecule has 258 valence electrons. The maximum Gasteiger partial charge on any atom is 0.143 e. The van der Waals surface area contributed by atoms with E-state index in [1.54, 1.807) is 0 Å². The predicted molar refractivity (Wildman–Crippen MR) is 235 cm³/mol. The second-order valence-corrected chi connectivity index (χ2v) is 15.2. The molecule has 11 rings (SSSR count). The van der Waals surface area contributed by atoms with Gasteiger partial charge in [0.2, 0.25) is 0 Å². The Morgan fingerprint density at radius 3 is 1.84 bits per heavy atom. The van der Waals surface area contributed by atoms with Gasteiger partial charge >= 0.3 is 0 Å². The van der Waals surface area contributed by atoms with Crippen molar-refractivity contribution in [2.75, 3.05) is 4.90 Å². The summed E-state index contributed by atoms with van der Waals surface area (Å²) in [6.45, 7) is 0. The SMILES string of the molecule is c1ccc(-c2ccc(-c3ccc(N(c4cccc(-c5cccc6oc7c8ccccc8ccc7c56)c4)c4cccc5sc6ccccc6c45)cc3)cc2)cc1. The van der Waals surface area contributed by atoms with E-state index >= 15 is 0 Å². The van der Waals surface area contributed by atoms with E-state index in [-0.39, 0.29) is 0 Å². The second kappa shape index (κ2) is 12.9. The molecule has 0 saturated carbocycles. The lowest BCUT2D eigenvalue weighted by Gasteiger charge is -2.27. The molecule has 0 unspecified atom stereocenters. The average Bonchev–Trinajstić information content (AvgIpc) is 3.84. The maximum absolute atomic E-state index is 6.59. The zero-order valence-electron chi connectivity index (χ0n) is 29.8. The number of benzene rings is 9. The Kier molecular flexibility index (Phi) is 7.39. The van der Waals surface area contributed by atoms with Crippen molar-refractivity contribution in [3.8, 4) is 33.4 Å². The summed E-state index contributed by atoms with van der Waals surface area (Å²) in [7, 11) is 0. The van der Waals surface area contributed by atoms with Crippen LogP contribution in [0.4, 0.5) is 17.1 Å². The van der Waals surface area contributed by atoms with Crippen molar-refractivity contribution < 1.29 is 4.42 Å². The molecule has 2 heterocycles. The van der Waals surface area contributed by atoms with E-state index in [4.69, 9.17) is 4.42 Å². The first kappa shape index (κ1) is 31.6. The lowest BCUT2D eigenvalue weighted by molar-refractivity contribution is 0.673. The van der Waals surface area contributed by atoms with Crippen LogP contribution in [0, 0.1) is 0 Å². The molecule has 0 N–H and O–H groups in total. The van der Waals surface area contributed by atoms with Gasteiger partial charge < -0.3 is 9.32 Å². The van der Waals surface area contributed by atoms with Crippen LogP contribution in [0.1, 0.15) is 0 Å². The Hall–Kier alpha value is -6.94. The number of thiophene rings is 1.